The molecule has 0 saturated carbocycles. The van der Waals surface area contributed by atoms with Crippen molar-refractivity contribution >= 4 is 22.0 Å². The third-order valence-corrected chi connectivity index (χ3v) is 4.11. The van der Waals surface area contributed by atoms with E-state index in [-0.39, 0.29) is 23.0 Å². The Morgan fingerprint density at radius 2 is 1.73 bits per heavy atom. The van der Waals surface area contributed by atoms with Crippen LogP contribution in [0.1, 0.15) is 15.9 Å². The van der Waals surface area contributed by atoms with Crippen molar-refractivity contribution in [3.63, 3.8) is 0 Å². The number of ether oxygens (including phenoxy) is 3. The smallest absolute Gasteiger partial charge is 0.306 e. The van der Waals surface area contributed by atoms with Crippen molar-refractivity contribution in [2.75, 3.05) is 20.5 Å². The van der Waals surface area contributed by atoms with Gasteiger partial charge >= 0.3 is 10.1 Å². The summed E-state index contributed by atoms with van der Waals surface area (Å²) in [6.07, 6.45) is 2.49. The molecule has 26 heavy (non-hydrogen) atoms. The van der Waals surface area contributed by atoms with E-state index in [1.54, 1.807) is 31.4 Å². The Morgan fingerprint density at radius 3 is 2.38 bits per heavy atom. The maximum absolute atomic E-state index is 12.5. The van der Waals surface area contributed by atoms with Gasteiger partial charge in [0.1, 0.15) is 23.0 Å². The second kappa shape index (κ2) is 6.72. The fraction of sp³-hybridized carbons (Fsp3) is 0.167. The van der Waals surface area contributed by atoms with Gasteiger partial charge < -0.3 is 18.4 Å². The summed E-state index contributed by atoms with van der Waals surface area (Å²) in [4.78, 5) is 12.5. The van der Waals surface area contributed by atoms with Gasteiger partial charge in [-0.3, -0.25) is 4.79 Å². The van der Waals surface area contributed by atoms with Crippen molar-refractivity contribution in [2.24, 2.45) is 0 Å². The van der Waals surface area contributed by atoms with Gasteiger partial charge in [0.25, 0.3) is 0 Å². The number of ketones is 1. The van der Waals surface area contributed by atoms with Crippen LogP contribution in [0, 0.1) is 0 Å². The molecule has 0 radical (unpaired) electrons. The lowest BCUT2D eigenvalue weighted by Crippen LogP contribution is -2.05. The summed E-state index contributed by atoms with van der Waals surface area (Å²) in [5.41, 5.74) is 0.960. The van der Waals surface area contributed by atoms with Gasteiger partial charge in [-0.05, 0) is 30.3 Å². The predicted octanol–water partition coefficient (Wildman–Crippen LogP) is 2.66. The first-order chi connectivity index (χ1) is 12.3. The first-order valence-corrected chi connectivity index (χ1v) is 9.32. The lowest BCUT2D eigenvalue weighted by molar-refractivity contribution is 0.101. The minimum Gasteiger partial charge on any atom is -0.497 e. The van der Waals surface area contributed by atoms with Crippen LogP contribution in [0.5, 0.6) is 23.0 Å². The van der Waals surface area contributed by atoms with Gasteiger partial charge in [0.2, 0.25) is 5.78 Å². The third kappa shape index (κ3) is 3.65. The highest BCUT2D eigenvalue weighted by molar-refractivity contribution is 7.86. The molecule has 0 fully saturated rings. The van der Waals surface area contributed by atoms with Gasteiger partial charge in [-0.1, -0.05) is 0 Å². The molecular formula is C18H16O7S. The molecule has 7 nitrogen and oxygen atoms in total. The van der Waals surface area contributed by atoms with E-state index in [1.165, 1.54) is 25.3 Å². The minimum absolute atomic E-state index is 0.0716. The van der Waals surface area contributed by atoms with Crippen LogP contribution in [0.2, 0.25) is 0 Å². The average molecular weight is 376 g/mol. The monoisotopic (exact) mass is 376 g/mol. The summed E-state index contributed by atoms with van der Waals surface area (Å²) in [5, 5.41) is 0. The number of allylic oxidation sites excluding steroid dienone is 1. The maximum atomic E-state index is 12.5. The number of rotatable bonds is 5. The Hall–Kier alpha value is -3.00. The predicted molar refractivity (Wildman–Crippen MR) is 94.4 cm³/mol. The molecule has 0 aromatic heterocycles. The molecule has 0 unspecified atom stereocenters. The van der Waals surface area contributed by atoms with Crippen LogP contribution < -0.4 is 18.4 Å². The first-order valence-electron chi connectivity index (χ1n) is 7.50. The van der Waals surface area contributed by atoms with Crippen LogP contribution in [0.3, 0.4) is 0 Å². The second-order valence-electron chi connectivity index (χ2n) is 5.49. The van der Waals surface area contributed by atoms with Crippen molar-refractivity contribution in [3.05, 3.63) is 53.3 Å². The molecule has 0 saturated heterocycles. The number of hydrogen-bond donors (Lipinski definition) is 0. The Morgan fingerprint density at radius 1 is 1.00 bits per heavy atom. The van der Waals surface area contributed by atoms with E-state index in [1.807, 2.05) is 0 Å². The van der Waals surface area contributed by atoms with Crippen molar-refractivity contribution in [1.29, 1.82) is 0 Å². The second-order valence-corrected chi connectivity index (χ2v) is 7.07. The number of benzene rings is 2. The van der Waals surface area contributed by atoms with E-state index in [4.69, 9.17) is 18.4 Å². The van der Waals surface area contributed by atoms with E-state index in [0.29, 0.717) is 22.6 Å². The third-order valence-electron chi connectivity index (χ3n) is 3.62. The fourth-order valence-corrected chi connectivity index (χ4v) is 2.93. The highest BCUT2D eigenvalue weighted by Gasteiger charge is 2.28. The molecule has 0 amide bonds. The molecule has 1 heterocycles. The van der Waals surface area contributed by atoms with Gasteiger partial charge in [-0.15, -0.1) is 0 Å². The molecule has 136 valence electrons. The number of Topliss-reactive ketones (excluding diaryl/α,β-unsaturated/α-hetero) is 1. The normalized spacial score (nSPS) is 14.7. The molecule has 3 rings (SSSR count). The Bertz CT molecular complexity index is 1010. The van der Waals surface area contributed by atoms with Gasteiger partial charge in [-0.2, -0.15) is 8.42 Å². The van der Waals surface area contributed by atoms with Crippen LogP contribution in [-0.4, -0.2) is 34.7 Å². The molecule has 0 atom stereocenters. The van der Waals surface area contributed by atoms with Crippen LogP contribution in [0.25, 0.3) is 6.08 Å². The summed E-state index contributed by atoms with van der Waals surface area (Å²) in [5.74, 6) is 1.22. The molecular weight excluding hydrogens is 360 g/mol. The summed E-state index contributed by atoms with van der Waals surface area (Å²) in [6.45, 7) is 0. The zero-order valence-electron chi connectivity index (χ0n) is 14.3. The maximum Gasteiger partial charge on any atom is 0.306 e. The summed E-state index contributed by atoms with van der Waals surface area (Å²) < 4.78 is 43.3. The number of hydrogen-bond acceptors (Lipinski definition) is 7. The van der Waals surface area contributed by atoms with Crippen LogP contribution in [0.4, 0.5) is 0 Å². The number of methoxy groups -OCH3 is 2. The van der Waals surface area contributed by atoms with E-state index in [2.05, 4.69) is 0 Å². The largest absolute Gasteiger partial charge is 0.497 e. The van der Waals surface area contributed by atoms with Crippen LogP contribution >= 0.6 is 0 Å². The number of carbonyl (C=O) groups excluding carboxylic acids is 1. The van der Waals surface area contributed by atoms with E-state index in [0.717, 1.165) is 6.26 Å². The van der Waals surface area contributed by atoms with E-state index >= 15 is 0 Å². The minimum atomic E-state index is -3.67. The van der Waals surface area contributed by atoms with E-state index < -0.39 is 10.1 Å². The van der Waals surface area contributed by atoms with Gasteiger partial charge in [0.05, 0.1) is 26.0 Å². The molecule has 0 spiro atoms. The molecule has 2 aromatic rings. The van der Waals surface area contributed by atoms with Crippen molar-refractivity contribution in [1.82, 2.24) is 0 Å². The Labute approximate surface area is 150 Å². The molecule has 0 aliphatic carbocycles. The quantitative estimate of drug-likeness (QED) is 0.585. The topological polar surface area (TPSA) is 88.1 Å². The molecule has 0 N–H and O–H groups in total. The van der Waals surface area contributed by atoms with Gasteiger partial charge in [0.15, 0.2) is 5.76 Å². The lowest BCUT2D eigenvalue weighted by Gasteiger charge is -2.08. The SMILES string of the molecule is COc1ccc(/C=C2/Oc3cc(OS(C)(=O)=O)ccc3C2=O)c(OC)c1. The summed E-state index contributed by atoms with van der Waals surface area (Å²) in [7, 11) is -0.613. The van der Waals surface area contributed by atoms with Crippen molar-refractivity contribution in [3.8, 4) is 23.0 Å². The Kier molecular flexibility index (Phi) is 4.60. The fourth-order valence-electron chi connectivity index (χ4n) is 2.47. The lowest BCUT2D eigenvalue weighted by atomic mass is 10.1. The molecule has 8 heteroatoms. The van der Waals surface area contributed by atoms with Gasteiger partial charge in [0, 0.05) is 17.7 Å². The van der Waals surface area contributed by atoms with Crippen molar-refractivity contribution < 1.29 is 31.6 Å². The number of fused-ring (bicyclic) bond motifs is 1. The first kappa shape index (κ1) is 17.8. The molecule has 1 aliphatic rings. The molecule has 1 aliphatic heterocycles. The van der Waals surface area contributed by atoms with Gasteiger partial charge in [-0.25, -0.2) is 0 Å². The van der Waals surface area contributed by atoms with Crippen molar-refractivity contribution in [2.45, 2.75) is 0 Å². The zero-order chi connectivity index (χ0) is 18.9. The highest BCUT2D eigenvalue weighted by Crippen LogP contribution is 2.36. The summed E-state index contributed by atoms with van der Waals surface area (Å²) in [6, 6.07) is 9.39. The molecule has 2 aromatic carbocycles. The highest BCUT2D eigenvalue weighted by atomic mass is 32.2. The summed E-state index contributed by atoms with van der Waals surface area (Å²) >= 11 is 0. The molecule has 0 bridgehead atoms. The zero-order valence-corrected chi connectivity index (χ0v) is 15.1. The van der Waals surface area contributed by atoms with Crippen LogP contribution in [-0.2, 0) is 10.1 Å². The average Bonchev–Trinajstić information content (AvgIpc) is 2.89. The number of carbonyl (C=O) groups is 1. The van der Waals surface area contributed by atoms with Crippen LogP contribution in [0.15, 0.2) is 42.2 Å². The Balaban J connectivity index is 1.94. The van der Waals surface area contributed by atoms with E-state index in [9.17, 15) is 13.2 Å². The standard InChI is InChI=1S/C18H16O7S/c1-22-12-5-4-11(15(9-12)23-2)8-17-18(19)14-7-6-13(10-16(14)24-17)25-26(3,20)21/h4-10H,1-3H3/b17-8+.